The quantitative estimate of drug-likeness (QED) is 0.596. The number of carbonyl (C=O) groups excluding carboxylic acids is 1. The number of aromatic nitrogens is 1. The number of ether oxygens (including phenoxy) is 1. The summed E-state index contributed by atoms with van der Waals surface area (Å²) >= 11 is 1.44. The van der Waals surface area contributed by atoms with E-state index in [1.165, 1.54) is 11.3 Å². The van der Waals surface area contributed by atoms with Gasteiger partial charge in [0.25, 0.3) is 5.91 Å². The first-order valence-electron chi connectivity index (χ1n) is 9.34. The SMILES string of the molecule is CCn1c(=NC(=O)Cc2ccc(S(=O)(=O)C(C)C)cc2)sc2cccc(OC)c21. The molecule has 6 nitrogen and oxygen atoms in total. The first-order valence-corrected chi connectivity index (χ1v) is 11.7. The zero-order valence-corrected chi connectivity index (χ0v) is 18.5. The fraction of sp³-hybridized carbons (Fsp3) is 0.333. The lowest BCUT2D eigenvalue weighted by atomic mass is 10.1. The monoisotopic (exact) mass is 432 g/mol. The van der Waals surface area contributed by atoms with Gasteiger partial charge in [-0.15, -0.1) is 0 Å². The topological polar surface area (TPSA) is 77.7 Å². The number of para-hydroxylation sites is 1. The Hall–Kier alpha value is -2.45. The predicted octanol–water partition coefficient (Wildman–Crippen LogP) is 3.58. The van der Waals surface area contributed by atoms with Crippen molar-refractivity contribution in [3.8, 4) is 5.75 Å². The van der Waals surface area contributed by atoms with Crippen molar-refractivity contribution in [1.82, 2.24) is 4.57 Å². The summed E-state index contributed by atoms with van der Waals surface area (Å²) in [5.41, 5.74) is 1.65. The van der Waals surface area contributed by atoms with Gasteiger partial charge in [0.2, 0.25) is 0 Å². The fourth-order valence-electron chi connectivity index (χ4n) is 3.03. The molecule has 1 heterocycles. The second-order valence-corrected chi connectivity index (χ2v) is 10.4. The second-order valence-electron chi connectivity index (χ2n) is 6.86. The van der Waals surface area contributed by atoms with Gasteiger partial charge in [-0.2, -0.15) is 4.99 Å². The van der Waals surface area contributed by atoms with Crippen molar-refractivity contribution in [1.29, 1.82) is 0 Å². The van der Waals surface area contributed by atoms with Gasteiger partial charge in [0.15, 0.2) is 14.6 Å². The second kappa shape index (κ2) is 8.51. The van der Waals surface area contributed by atoms with Crippen molar-refractivity contribution in [2.24, 2.45) is 4.99 Å². The third-order valence-electron chi connectivity index (χ3n) is 4.65. The maximum absolute atomic E-state index is 12.5. The van der Waals surface area contributed by atoms with Crippen molar-refractivity contribution in [3.63, 3.8) is 0 Å². The van der Waals surface area contributed by atoms with Crippen LogP contribution in [0.1, 0.15) is 26.3 Å². The molecule has 1 aromatic heterocycles. The summed E-state index contributed by atoms with van der Waals surface area (Å²) in [4.78, 5) is 17.7. The van der Waals surface area contributed by atoms with Gasteiger partial charge >= 0.3 is 0 Å². The summed E-state index contributed by atoms with van der Waals surface area (Å²) in [5, 5.41) is -0.487. The first kappa shape index (κ1) is 21.3. The Morgan fingerprint density at radius 1 is 1.17 bits per heavy atom. The number of fused-ring (bicyclic) bond motifs is 1. The van der Waals surface area contributed by atoms with Crippen LogP contribution in [0, 0.1) is 0 Å². The molecular formula is C21H24N2O4S2. The Bertz CT molecular complexity index is 1200. The van der Waals surface area contributed by atoms with E-state index in [1.807, 2.05) is 29.7 Å². The molecule has 0 aliphatic rings. The molecule has 0 N–H and O–H groups in total. The highest BCUT2D eigenvalue weighted by Crippen LogP contribution is 2.27. The van der Waals surface area contributed by atoms with Gasteiger partial charge in [-0.05, 0) is 50.6 Å². The van der Waals surface area contributed by atoms with Crippen LogP contribution in [0.25, 0.3) is 10.2 Å². The highest BCUT2D eigenvalue weighted by molar-refractivity contribution is 7.92. The molecule has 0 bridgehead atoms. The van der Waals surface area contributed by atoms with Gasteiger partial charge in [-0.25, -0.2) is 8.42 Å². The molecule has 0 aliphatic heterocycles. The van der Waals surface area contributed by atoms with Crippen LogP contribution in [0.2, 0.25) is 0 Å². The zero-order valence-electron chi connectivity index (χ0n) is 16.9. The Morgan fingerprint density at radius 3 is 2.45 bits per heavy atom. The van der Waals surface area contributed by atoms with E-state index in [4.69, 9.17) is 4.74 Å². The zero-order chi connectivity index (χ0) is 21.2. The summed E-state index contributed by atoms with van der Waals surface area (Å²) in [5.74, 6) is 0.466. The minimum Gasteiger partial charge on any atom is -0.495 e. The Labute approximate surface area is 174 Å². The average Bonchev–Trinajstić information content (AvgIpc) is 3.05. The summed E-state index contributed by atoms with van der Waals surface area (Å²) in [6, 6.07) is 12.2. The molecule has 0 aliphatic carbocycles. The molecule has 0 saturated carbocycles. The molecule has 1 amide bonds. The van der Waals surface area contributed by atoms with Crippen molar-refractivity contribution < 1.29 is 17.9 Å². The minimum atomic E-state index is -3.32. The van der Waals surface area contributed by atoms with Crippen molar-refractivity contribution >= 4 is 37.3 Å². The molecule has 0 radical (unpaired) electrons. The molecule has 29 heavy (non-hydrogen) atoms. The summed E-state index contributed by atoms with van der Waals surface area (Å²) in [6.07, 6.45) is 0.108. The Morgan fingerprint density at radius 2 is 1.86 bits per heavy atom. The number of carbonyl (C=O) groups is 1. The average molecular weight is 433 g/mol. The van der Waals surface area contributed by atoms with Crippen LogP contribution in [0.15, 0.2) is 52.4 Å². The van der Waals surface area contributed by atoms with Gasteiger partial charge in [0.1, 0.15) is 11.3 Å². The Kier molecular flexibility index (Phi) is 6.24. The first-order chi connectivity index (χ1) is 13.8. The van der Waals surface area contributed by atoms with Crippen molar-refractivity contribution in [3.05, 3.63) is 52.8 Å². The molecule has 3 rings (SSSR count). The number of thiazole rings is 1. The van der Waals surface area contributed by atoms with Crippen LogP contribution in [0.3, 0.4) is 0 Å². The minimum absolute atomic E-state index is 0.108. The lowest BCUT2D eigenvalue weighted by Crippen LogP contribution is -2.17. The van der Waals surface area contributed by atoms with Crippen LogP contribution in [-0.4, -0.2) is 31.3 Å². The largest absolute Gasteiger partial charge is 0.495 e. The van der Waals surface area contributed by atoms with E-state index in [9.17, 15) is 13.2 Å². The van der Waals surface area contributed by atoms with Gasteiger partial charge in [0, 0.05) is 6.54 Å². The number of hydrogen-bond acceptors (Lipinski definition) is 5. The summed E-state index contributed by atoms with van der Waals surface area (Å²) in [6.45, 7) is 5.95. The third kappa shape index (κ3) is 4.28. The van der Waals surface area contributed by atoms with E-state index in [-0.39, 0.29) is 17.2 Å². The smallest absolute Gasteiger partial charge is 0.252 e. The standard InChI is InChI=1S/C21H24N2O4S2/c1-5-23-20-17(27-4)7-6-8-18(20)28-21(23)22-19(24)13-15-9-11-16(12-10-15)29(25,26)14(2)3/h6-12,14H,5,13H2,1-4H3. The third-order valence-corrected chi connectivity index (χ3v) is 7.86. The molecule has 0 atom stereocenters. The van der Waals surface area contributed by atoms with Crippen LogP contribution >= 0.6 is 11.3 Å². The molecule has 2 aromatic carbocycles. The highest BCUT2D eigenvalue weighted by atomic mass is 32.2. The Balaban J connectivity index is 1.90. The molecule has 154 valence electrons. The van der Waals surface area contributed by atoms with Gasteiger partial charge in [-0.3, -0.25) is 4.79 Å². The normalized spacial score (nSPS) is 12.7. The van der Waals surface area contributed by atoms with E-state index < -0.39 is 15.1 Å². The maximum Gasteiger partial charge on any atom is 0.252 e. The summed E-state index contributed by atoms with van der Waals surface area (Å²) in [7, 11) is -1.70. The van der Waals surface area contributed by atoms with E-state index in [2.05, 4.69) is 4.99 Å². The molecule has 0 fully saturated rings. The van der Waals surface area contributed by atoms with Gasteiger partial charge in [-0.1, -0.05) is 29.5 Å². The van der Waals surface area contributed by atoms with Crippen LogP contribution in [0.5, 0.6) is 5.75 Å². The molecule has 8 heteroatoms. The van der Waals surface area contributed by atoms with E-state index in [1.54, 1.807) is 45.2 Å². The number of methoxy groups -OCH3 is 1. The number of aryl methyl sites for hydroxylation is 1. The summed E-state index contributed by atoms with van der Waals surface area (Å²) < 4.78 is 32.9. The number of hydrogen-bond donors (Lipinski definition) is 0. The molecular weight excluding hydrogens is 408 g/mol. The van der Waals surface area contributed by atoms with Crippen LogP contribution < -0.4 is 9.54 Å². The molecule has 0 unspecified atom stereocenters. The maximum atomic E-state index is 12.5. The highest BCUT2D eigenvalue weighted by Gasteiger charge is 2.19. The van der Waals surface area contributed by atoms with Gasteiger partial charge in [0.05, 0.1) is 28.4 Å². The molecule has 0 saturated heterocycles. The van der Waals surface area contributed by atoms with Crippen molar-refractivity contribution in [2.45, 2.75) is 43.9 Å². The van der Waals surface area contributed by atoms with Crippen molar-refractivity contribution in [2.75, 3.05) is 7.11 Å². The number of nitrogens with zero attached hydrogens (tertiary/aromatic N) is 2. The number of rotatable bonds is 6. The fourth-order valence-corrected chi connectivity index (χ4v) is 5.22. The lowest BCUT2D eigenvalue weighted by molar-refractivity contribution is -0.117. The molecule has 3 aromatic rings. The van der Waals surface area contributed by atoms with Crippen LogP contribution in [-0.2, 0) is 27.6 Å². The number of sulfone groups is 1. The van der Waals surface area contributed by atoms with Crippen LogP contribution in [0.4, 0.5) is 0 Å². The number of benzene rings is 2. The molecule has 0 spiro atoms. The van der Waals surface area contributed by atoms with E-state index in [0.29, 0.717) is 11.3 Å². The predicted molar refractivity (Wildman–Crippen MR) is 115 cm³/mol. The lowest BCUT2D eigenvalue weighted by Gasteiger charge is -2.08. The number of amides is 1. The van der Waals surface area contributed by atoms with E-state index in [0.717, 1.165) is 21.5 Å². The van der Waals surface area contributed by atoms with E-state index >= 15 is 0 Å². The van der Waals surface area contributed by atoms with Gasteiger partial charge < -0.3 is 9.30 Å².